The van der Waals surface area contributed by atoms with E-state index in [0.717, 1.165) is 57.3 Å². The van der Waals surface area contributed by atoms with Gasteiger partial charge >= 0.3 is 0 Å². The molecule has 0 unspecified atom stereocenters. The summed E-state index contributed by atoms with van der Waals surface area (Å²) in [5.41, 5.74) is 3.64. The molecule has 25 heavy (non-hydrogen) atoms. The van der Waals surface area contributed by atoms with Crippen molar-refractivity contribution in [1.82, 2.24) is 14.9 Å². The molecule has 4 rings (SSSR count). The number of hydrogen-bond acceptors (Lipinski definition) is 5. The number of fused-ring (bicyclic) bond motifs is 1. The van der Waals surface area contributed by atoms with Crippen LogP contribution < -0.4 is 4.90 Å². The van der Waals surface area contributed by atoms with Gasteiger partial charge in [-0.25, -0.2) is 9.97 Å². The van der Waals surface area contributed by atoms with Crippen LogP contribution in [0.5, 0.6) is 0 Å². The van der Waals surface area contributed by atoms with E-state index in [0.29, 0.717) is 11.3 Å². The van der Waals surface area contributed by atoms with Crippen LogP contribution in [0.25, 0.3) is 0 Å². The van der Waals surface area contributed by atoms with E-state index in [4.69, 9.17) is 16.3 Å². The minimum absolute atomic E-state index is 0.311. The Morgan fingerprint density at radius 1 is 1.20 bits per heavy atom. The second-order valence-electron chi connectivity index (χ2n) is 6.81. The van der Waals surface area contributed by atoms with Crippen LogP contribution in [0, 0.1) is 0 Å². The summed E-state index contributed by atoms with van der Waals surface area (Å²) in [4.78, 5) is 13.9. The van der Waals surface area contributed by atoms with Gasteiger partial charge in [-0.3, -0.25) is 4.90 Å². The maximum absolute atomic E-state index is 6.26. The lowest BCUT2D eigenvalue weighted by Crippen LogP contribution is -2.45. The number of hydrogen-bond donors (Lipinski definition) is 0. The zero-order valence-electron chi connectivity index (χ0n) is 14.5. The van der Waals surface area contributed by atoms with Crippen LogP contribution in [0.4, 0.5) is 5.82 Å². The molecule has 5 nitrogen and oxygen atoms in total. The van der Waals surface area contributed by atoms with Crippen LogP contribution in [0.15, 0.2) is 30.3 Å². The highest BCUT2D eigenvalue weighted by Gasteiger charge is 2.28. The molecule has 6 heteroatoms. The zero-order valence-corrected chi connectivity index (χ0v) is 15.2. The van der Waals surface area contributed by atoms with Crippen LogP contribution in [-0.4, -0.2) is 47.2 Å². The van der Waals surface area contributed by atoms with E-state index < -0.39 is 0 Å². The number of ether oxygens (including phenoxy) is 1. The molecule has 1 aromatic carbocycles. The average Bonchev–Trinajstić information content (AvgIpc) is 2.62. The van der Waals surface area contributed by atoms with E-state index in [2.05, 4.69) is 57.0 Å². The Kier molecular flexibility index (Phi) is 4.88. The number of anilines is 1. The topological polar surface area (TPSA) is 41.5 Å². The smallest absolute Gasteiger partial charge is 0.224 e. The Hall–Kier alpha value is -1.69. The van der Waals surface area contributed by atoms with Crippen molar-refractivity contribution in [3.8, 4) is 0 Å². The third-order valence-electron chi connectivity index (χ3n) is 4.98. The minimum Gasteiger partial charge on any atom is -0.377 e. The fourth-order valence-electron chi connectivity index (χ4n) is 3.69. The van der Waals surface area contributed by atoms with Gasteiger partial charge in [0.15, 0.2) is 0 Å². The Bertz CT molecular complexity index is 740. The van der Waals surface area contributed by atoms with Crippen LogP contribution in [0.2, 0.25) is 5.28 Å². The highest BCUT2D eigenvalue weighted by molar-refractivity contribution is 6.28. The van der Waals surface area contributed by atoms with E-state index in [9.17, 15) is 0 Å². The first-order chi connectivity index (χ1) is 12.2. The van der Waals surface area contributed by atoms with E-state index >= 15 is 0 Å². The van der Waals surface area contributed by atoms with Gasteiger partial charge < -0.3 is 9.64 Å². The molecular weight excluding hydrogens is 336 g/mol. The molecule has 3 heterocycles. The van der Waals surface area contributed by atoms with Crippen LogP contribution >= 0.6 is 11.6 Å². The van der Waals surface area contributed by atoms with Gasteiger partial charge in [0.25, 0.3) is 0 Å². The van der Waals surface area contributed by atoms with Crippen molar-refractivity contribution >= 4 is 17.4 Å². The predicted molar refractivity (Wildman–Crippen MR) is 98.9 cm³/mol. The summed E-state index contributed by atoms with van der Waals surface area (Å²) >= 11 is 6.26. The Morgan fingerprint density at radius 2 is 2.04 bits per heavy atom. The first-order valence-electron chi connectivity index (χ1n) is 8.86. The number of aromatic nitrogens is 2. The summed E-state index contributed by atoms with van der Waals surface area (Å²) in [6.07, 6.45) is 0.957. The Balaban J connectivity index is 1.58. The lowest BCUT2D eigenvalue weighted by molar-refractivity contribution is 0.0983. The second kappa shape index (κ2) is 7.28. The molecule has 0 radical (unpaired) electrons. The van der Waals surface area contributed by atoms with Crippen molar-refractivity contribution in [2.45, 2.75) is 32.5 Å². The standard InChI is InChI=1S/C19H23ClN4O/c1-14-13-25-10-9-24(14)18-16-7-8-23(11-15-5-3-2-4-6-15)12-17(16)21-19(20)22-18/h2-6,14H,7-13H2,1H3/t14-/m0/s1. The molecule has 0 N–H and O–H groups in total. The normalized spacial score (nSPS) is 21.2. The van der Waals surface area contributed by atoms with E-state index in [1.165, 1.54) is 11.1 Å². The van der Waals surface area contributed by atoms with Crippen LogP contribution in [0.1, 0.15) is 23.7 Å². The maximum Gasteiger partial charge on any atom is 0.224 e. The molecular formula is C19H23ClN4O. The summed E-state index contributed by atoms with van der Waals surface area (Å²) in [6.45, 7) is 7.26. The lowest BCUT2D eigenvalue weighted by Gasteiger charge is -2.37. The Labute approximate surface area is 153 Å². The minimum atomic E-state index is 0.311. The molecule has 1 saturated heterocycles. The number of rotatable bonds is 3. The summed E-state index contributed by atoms with van der Waals surface area (Å²) < 4.78 is 5.56. The molecule has 0 amide bonds. The van der Waals surface area contributed by atoms with Crippen molar-refractivity contribution in [2.24, 2.45) is 0 Å². The number of halogens is 1. The third kappa shape index (κ3) is 3.64. The lowest BCUT2D eigenvalue weighted by atomic mass is 10.0. The number of benzene rings is 1. The van der Waals surface area contributed by atoms with Crippen molar-refractivity contribution in [3.05, 3.63) is 52.4 Å². The highest BCUT2D eigenvalue weighted by atomic mass is 35.5. The van der Waals surface area contributed by atoms with Crippen molar-refractivity contribution in [3.63, 3.8) is 0 Å². The largest absolute Gasteiger partial charge is 0.377 e. The van der Waals surface area contributed by atoms with Gasteiger partial charge in [0.1, 0.15) is 5.82 Å². The van der Waals surface area contributed by atoms with Crippen molar-refractivity contribution < 1.29 is 4.74 Å². The second-order valence-corrected chi connectivity index (χ2v) is 7.14. The molecule has 2 aromatic rings. The van der Waals surface area contributed by atoms with E-state index in [1.807, 2.05) is 0 Å². The molecule has 2 aliphatic heterocycles. The Morgan fingerprint density at radius 3 is 2.84 bits per heavy atom. The third-order valence-corrected chi connectivity index (χ3v) is 5.15. The molecule has 0 bridgehead atoms. The van der Waals surface area contributed by atoms with Gasteiger partial charge in [0.05, 0.1) is 24.9 Å². The van der Waals surface area contributed by atoms with Gasteiger partial charge in [-0.2, -0.15) is 0 Å². The number of nitrogens with zero attached hydrogens (tertiary/aromatic N) is 4. The van der Waals surface area contributed by atoms with E-state index in [1.54, 1.807) is 0 Å². The molecule has 0 aliphatic carbocycles. The molecule has 1 atom stereocenters. The monoisotopic (exact) mass is 358 g/mol. The molecule has 0 saturated carbocycles. The highest BCUT2D eigenvalue weighted by Crippen LogP contribution is 2.30. The first-order valence-corrected chi connectivity index (χ1v) is 9.24. The summed E-state index contributed by atoms with van der Waals surface area (Å²) in [6, 6.07) is 10.9. The number of morpholine rings is 1. The van der Waals surface area contributed by atoms with Gasteiger partial charge in [-0.05, 0) is 30.5 Å². The van der Waals surface area contributed by atoms with E-state index in [-0.39, 0.29) is 0 Å². The quantitative estimate of drug-likeness (QED) is 0.789. The van der Waals surface area contributed by atoms with Gasteiger partial charge in [-0.1, -0.05) is 30.3 Å². The van der Waals surface area contributed by atoms with Crippen molar-refractivity contribution in [1.29, 1.82) is 0 Å². The average molecular weight is 359 g/mol. The maximum atomic E-state index is 6.26. The molecule has 1 aromatic heterocycles. The van der Waals surface area contributed by atoms with Crippen LogP contribution in [-0.2, 0) is 24.2 Å². The first kappa shape index (κ1) is 16.8. The van der Waals surface area contributed by atoms with Gasteiger partial charge in [0.2, 0.25) is 5.28 Å². The van der Waals surface area contributed by atoms with Gasteiger partial charge in [0, 0.05) is 31.7 Å². The summed E-state index contributed by atoms with van der Waals surface area (Å²) in [5, 5.41) is 0.342. The summed E-state index contributed by atoms with van der Waals surface area (Å²) in [7, 11) is 0. The van der Waals surface area contributed by atoms with Crippen molar-refractivity contribution in [2.75, 3.05) is 31.2 Å². The fraction of sp³-hybridized carbons (Fsp3) is 0.474. The molecule has 2 aliphatic rings. The molecule has 132 valence electrons. The van der Waals surface area contributed by atoms with Gasteiger partial charge in [-0.15, -0.1) is 0 Å². The zero-order chi connectivity index (χ0) is 17.2. The van der Waals surface area contributed by atoms with Crippen LogP contribution in [0.3, 0.4) is 0 Å². The molecule has 0 spiro atoms. The SMILES string of the molecule is C[C@H]1COCCN1c1nc(Cl)nc2c1CCN(Cc1ccccc1)C2. The molecule has 1 fully saturated rings. The summed E-state index contributed by atoms with van der Waals surface area (Å²) in [5.74, 6) is 1.00. The fourth-order valence-corrected chi connectivity index (χ4v) is 3.87. The predicted octanol–water partition coefficient (Wildman–Crippen LogP) is 2.91.